The molecule has 0 saturated heterocycles. The van der Waals surface area contributed by atoms with Gasteiger partial charge in [0.15, 0.2) is 0 Å². The first-order valence-corrected chi connectivity index (χ1v) is 9.30. The fourth-order valence-corrected chi connectivity index (χ4v) is 3.66. The SMILES string of the molecule is CCC(NC(c1ccccc1)(c1ccccc1)c1ccccc1)C(C)O. The van der Waals surface area contributed by atoms with Crippen LogP contribution >= 0.6 is 0 Å². The third kappa shape index (κ3) is 3.57. The van der Waals surface area contributed by atoms with Crippen molar-refractivity contribution in [3.8, 4) is 0 Å². The number of benzene rings is 3. The van der Waals surface area contributed by atoms with Crippen LogP contribution < -0.4 is 5.32 Å². The van der Waals surface area contributed by atoms with Crippen LogP contribution in [0.1, 0.15) is 37.0 Å². The summed E-state index contributed by atoms with van der Waals surface area (Å²) in [5.74, 6) is 0. The smallest absolute Gasteiger partial charge is 0.0950 e. The van der Waals surface area contributed by atoms with Crippen LogP contribution in [0.2, 0.25) is 0 Å². The molecule has 0 fully saturated rings. The highest BCUT2D eigenvalue weighted by molar-refractivity contribution is 5.49. The first kappa shape index (κ1) is 18.4. The predicted octanol–water partition coefficient (Wildman–Crippen LogP) is 4.73. The predicted molar refractivity (Wildman–Crippen MR) is 108 cm³/mol. The Kier molecular flexibility index (Phi) is 5.87. The maximum Gasteiger partial charge on any atom is 0.0950 e. The van der Waals surface area contributed by atoms with Crippen molar-refractivity contribution in [3.05, 3.63) is 108 Å². The quantitative estimate of drug-likeness (QED) is 0.607. The molecule has 0 spiro atoms. The van der Waals surface area contributed by atoms with Crippen LogP contribution in [0.4, 0.5) is 0 Å². The average molecular weight is 345 g/mol. The Morgan fingerprint density at radius 2 is 1.08 bits per heavy atom. The van der Waals surface area contributed by atoms with Crippen LogP contribution in [-0.2, 0) is 5.54 Å². The Morgan fingerprint density at radius 1 is 0.731 bits per heavy atom. The van der Waals surface area contributed by atoms with Crippen molar-refractivity contribution in [1.29, 1.82) is 0 Å². The van der Waals surface area contributed by atoms with Crippen LogP contribution in [0.5, 0.6) is 0 Å². The topological polar surface area (TPSA) is 32.3 Å². The molecular weight excluding hydrogens is 318 g/mol. The summed E-state index contributed by atoms with van der Waals surface area (Å²) >= 11 is 0. The van der Waals surface area contributed by atoms with Crippen LogP contribution in [0.15, 0.2) is 91.0 Å². The molecule has 0 bridgehead atoms. The van der Waals surface area contributed by atoms with E-state index in [0.29, 0.717) is 0 Å². The lowest BCUT2D eigenvalue weighted by atomic mass is 9.76. The summed E-state index contributed by atoms with van der Waals surface area (Å²) in [5.41, 5.74) is 2.96. The molecule has 3 aromatic rings. The molecule has 2 atom stereocenters. The number of aliphatic hydroxyl groups is 1. The largest absolute Gasteiger partial charge is 0.392 e. The molecule has 2 nitrogen and oxygen atoms in total. The summed E-state index contributed by atoms with van der Waals surface area (Å²) in [4.78, 5) is 0. The van der Waals surface area contributed by atoms with E-state index >= 15 is 0 Å². The van der Waals surface area contributed by atoms with E-state index in [2.05, 4.69) is 85.0 Å². The molecule has 0 heterocycles. The van der Waals surface area contributed by atoms with E-state index in [1.807, 2.05) is 25.1 Å². The second-order valence-corrected chi connectivity index (χ2v) is 6.75. The lowest BCUT2D eigenvalue weighted by molar-refractivity contribution is 0.129. The van der Waals surface area contributed by atoms with Crippen LogP contribution in [0.3, 0.4) is 0 Å². The molecule has 0 radical (unpaired) electrons. The highest BCUT2D eigenvalue weighted by Crippen LogP contribution is 2.37. The molecule has 134 valence electrons. The summed E-state index contributed by atoms with van der Waals surface area (Å²) < 4.78 is 0. The Hall–Kier alpha value is -2.42. The van der Waals surface area contributed by atoms with Crippen molar-refractivity contribution < 1.29 is 5.11 Å². The zero-order valence-corrected chi connectivity index (χ0v) is 15.5. The minimum atomic E-state index is -0.526. The molecule has 2 heteroatoms. The molecule has 0 aliphatic carbocycles. The molecule has 26 heavy (non-hydrogen) atoms. The Morgan fingerprint density at radius 3 is 1.35 bits per heavy atom. The van der Waals surface area contributed by atoms with Gasteiger partial charge >= 0.3 is 0 Å². The zero-order chi connectivity index (χ0) is 18.4. The van der Waals surface area contributed by atoms with E-state index in [-0.39, 0.29) is 6.04 Å². The molecule has 3 aromatic carbocycles. The van der Waals surface area contributed by atoms with Crippen molar-refractivity contribution in [2.45, 2.75) is 38.0 Å². The highest BCUT2D eigenvalue weighted by Gasteiger charge is 2.38. The summed E-state index contributed by atoms with van der Waals surface area (Å²) in [6.45, 7) is 3.96. The number of nitrogens with one attached hydrogen (secondary N) is 1. The van der Waals surface area contributed by atoms with Crippen molar-refractivity contribution in [2.75, 3.05) is 0 Å². The van der Waals surface area contributed by atoms with Crippen molar-refractivity contribution in [2.24, 2.45) is 0 Å². The number of rotatable bonds is 7. The van der Waals surface area contributed by atoms with E-state index in [4.69, 9.17) is 0 Å². The van der Waals surface area contributed by atoms with Crippen molar-refractivity contribution >= 4 is 0 Å². The summed E-state index contributed by atoms with van der Waals surface area (Å²) in [5, 5.41) is 14.2. The first-order chi connectivity index (χ1) is 12.7. The number of hydrogen-bond donors (Lipinski definition) is 2. The maximum absolute atomic E-state index is 10.4. The van der Waals surface area contributed by atoms with E-state index in [0.717, 1.165) is 23.1 Å². The van der Waals surface area contributed by atoms with Crippen molar-refractivity contribution in [3.63, 3.8) is 0 Å². The van der Waals surface area contributed by atoms with Gasteiger partial charge < -0.3 is 5.11 Å². The van der Waals surface area contributed by atoms with Crippen LogP contribution in [0, 0.1) is 0 Å². The van der Waals surface area contributed by atoms with Crippen molar-refractivity contribution in [1.82, 2.24) is 5.32 Å². The molecule has 2 N–H and O–H groups in total. The standard InChI is InChI=1S/C24H27NO/c1-3-23(19(2)26)25-24(20-13-7-4-8-14-20,21-15-9-5-10-16-21)22-17-11-6-12-18-22/h4-19,23,25-26H,3H2,1-2H3. The Labute approximate surface area is 156 Å². The number of hydrogen-bond acceptors (Lipinski definition) is 2. The highest BCUT2D eigenvalue weighted by atomic mass is 16.3. The van der Waals surface area contributed by atoms with E-state index in [1.54, 1.807) is 0 Å². The third-order valence-corrected chi connectivity index (χ3v) is 5.04. The molecule has 0 aromatic heterocycles. The minimum absolute atomic E-state index is 0.0318. The van der Waals surface area contributed by atoms with E-state index in [9.17, 15) is 5.11 Å². The van der Waals surface area contributed by atoms with Gasteiger partial charge in [-0.15, -0.1) is 0 Å². The second kappa shape index (κ2) is 8.31. The molecule has 0 saturated carbocycles. The van der Waals surface area contributed by atoms with Crippen LogP contribution in [0.25, 0.3) is 0 Å². The summed E-state index contributed by atoms with van der Waals surface area (Å²) in [7, 11) is 0. The van der Waals surface area contributed by atoms with Gasteiger partial charge in [0.1, 0.15) is 0 Å². The first-order valence-electron chi connectivity index (χ1n) is 9.30. The minimum Gasteiger partial charge on any atom is -0.392 e. The van der Waals surface area contributed by atoms with Gasteiger partial charge in [-0.1, -0.05) is 97.9 Å². The Bertz CT molecular complexity index is 688. The number of aliphatic hydroxyl groups excluding tert-OH is 1. The normalized spacial score (nSPS) is 14.0. The van der Waals surface area contributed by atoms with Gasteiger partial charge in [0.2, 0.25) is 0 Å². The lowest BCUT2D eigenvalue weighted by Gasteiger charge is -2.41. The van der Waals surface area contributed by atoms with Gasteiger partial charge in [0.25, 0.3) is 0 Å². The lowest BCUT2D eigenvalue weighted by Crippen LogP contribution is -2.53. The van der Waals surface area contributed by atoms with Gasteiger partial charge in [-0.25, -0.2) is 0 Å². The third-order valence-electron chi connectivity index (χ3n) is 5.04. The summed E-state index contributed by atoms with van der Waals surface area (Å²) in [6.07, 6.45) is 0.391. The summed E-state index contributed by atoms with van der Waals surface area (Å²) in [6, 6.07) is 31.4. The van der Waals surface area contributed by atoms with Gasteiger partial charge in [-0.2, -0.15) is 0 Å². The molecule has 0 amide bonds. The van der Waals surface area contributed by atoms with E-state index < -0.39 is 11.6 Å². The maximum atomic E-state index is 10.4. The molecule has 3 rings (SSSR count). The Balaban J connectivity index is 2.28. The average Bonchev–Trinajstić information content (AvgIpc) is 2.71. The van der Waals surface area contributed by atoms with Gasteiger partial charge in [-0.05, 0) is 30.0 Å². The fraction of sp³-hybridized carbons (Fsp3) is 0.250. The molecule has 0 aliphatic rings. The monoisotopic (exact) mass is 345 g/mol. The zero-order valence-electron chi connectivity index (χ0n) is 15.5. The van der Waals surface area contributed by atoms with Gasteiger partial charge in [0.05, 0.1) is 11.6 Å². The molecule has 0 aliphatic heterocycles. The second-order valence-electron chi connectivity index (χ2n) is 6.75. The molecule has 2 unspecified atom stereocenters. The van der Waals surface area contributed by atoms with Crippen LogP contribution in [-0.4, -0.2) is 17.3 Å². The fourth-order valence-electron chi connectivity index (χ4n) is 3.66. The van der Waals surface area contributed by atoms with Gasteiger partial charge in [0, 0.05) is 6.04 Å². The molecular formula is C24H27NO. The van der Waals surface area contributed by atoms with E-state index in [1.165, 1.54) is 0 Å². The van der Waals surface area contributed by atoms with Gasteiger partial charge in [-0.3, -0.25) is 5.32 Å².